The van der Waals surface area contributed by atoms with Crippen molar-refractivity contribution in [3.8, 4) is 11.4 Å². The monoisotopic (exact) mass is 331 g/mol. The molecule has 1 aromatic heterocycles. The Hall–Kier alpha value is -1.40. The van der Waals surface area contributed by atoms with E-state index in [9.17, 15) is 8.78 Å². The molecule has 4 nitrogen and oxygen atoms in total. The molecule has 1 spiro atoms. The standard InChI is InChI=1S/C13H9Cl2F2N3O/c14-7-1-6(2-8(15)3-7)10-19-11(21-20-10)18-9-4-12(9)5-13(12,16)17/h1-3,9H,4-5H2,(H,18,19,20). The van der Waals surface area contributed by atoms with Crippen molar-refractivity contribution in [2.24, 2.45) is 5.41 Å². The van der Waals surface area contributed by atoms with Crippen LogP contribution in [0.15, 0.2) is 22.7 Å². The van der Waals surface area contributed by atoms with Gasteiger partial charge in [0.25, 0.3) is 5.92 Å². The summed E-state index contributed by atoms with van der Waals surface area (Å²) in [6, 6.07) is 4.72. The molecule has 2 fully saturated rings. The predicted octanol–water partition coefficient (Wildman–Crippen LogP) is 4.25. The molecule has 1 heterocycles. The van der Waals surface area contributed by atoms with Gasteiger partial charge < -0.3 is 9.84 Å². The quantitative estimate of drug-likeness (QED) is 0.913. The van der Waals surface area contributed by atoms with Crippen molar-refractivity contribution in [1.29, 1.82) is 0 Å². The molecule has 0 amide bonds. The van der Waals surface area contributed by atoms with Crippen LogP contribution in [0.25, 0.3) is 11.4 Å². The Morgan fingerprint density at radius 2 is 1.90 bits per heavy atom. The molecule has 0 saturated heterocycles. The van der Waals surface area contributed by atoms with E-state index in [0.717, 1.165) is 0 Å². The van der Waals surface area contributed by atoms with Crippen molar-refractivity contribution >= 4 is 29.2 Å². The van der Waals surface area contributed by atoms with Crippen molar-refractivity contribution in [2.75, 3.05) is 5.32 Å². The average molecular weight is 332 g/mol. The van der Waals surface area contributed by atoms with Crippen LogP contribution in [0.4, 0.5) is 14.8 Å². The minimum atomic E-state index is -2.56. The van der Waals surface area contributed by atoms with Gasteiger partial charge in [0, 0.05) is 28.1 Å². The summed E-state index contributed by atoms with van der Waals surface area (Å²) in [5.74, 6) is -2.26. The molecule has 2 saturated carbocycles. The highest BCUT2D eigenvalue weighted by Crippen LogP contribution is 2.76. The Kier molecular flexibility index (Phi) is 2.58. The van der Waals surface area contributed by atoms with Gasteiger partial charge in [0.05, 0.1) is 5.41 Å². The molecular formula is C13H9Cl2F2N3O. The SMILES string of the molecule is FC1(F)CC12CC2Nc1nc(-c2cc(Cl)cc(Cl)c2)no1. The molecule has 1 aromatic carbocycles. The Balaban J connectivity index is 1.52. The molecule has 21 heavy (non-hydrogen) atoms. The number of alkyl halides is 2. The van der Waals surface area contributed by atoms with E-state index in [1.807, 2.05) is 0 Å². The minimum absolute atomic E-state index is 0.0669. The highest BCUT2D eigenvalue weighted by Gasteiger charge is 2.84. The van der Waals surface area contributed by atoms with Crippen molar-refractivity contribution in [1.82, 2.24) is 10.1 Å². The molecule has 2 unspecified atom stereocenters. The van der Waals surface area contributed by atoms with Crippen LogP contribution in [0.1, 0.15) is 12.8 Å². The first-order valence-corrected chi connectivity index (χ1v) is 7.10. The molecule has 4 rings (SSSR count). The van der Waals surface area contributed by atoms with Crippen molar-refractivity contribution in [3.63, 3.8) is 0 Å². The number of nitrogens with zero attached hydrogens (tertiary/aromatic N) is 2. The fraction of sp³-hybridized carbons (Fsp3) is 0.385. The molecule has 0 radical (unpaired) electrons. The Morgan fingerprint density at radius 3 is 2.48 bits per heavy atom. The van der Waals surface area contributed by atoms with E-state index < -0.39 is 11.3 Å². The van der Waals surface area contributed by atoms with Crippen LogP contribution in [0.2, 0.25) is 10.0 Å². The summed E-state index contributed by atoms with van der Waals surface area (Å²) < 4.78 is 31.3. The molecule has 2 atom stereocenters. The zero-order chi connectivity index (χ0) is 14.8. The summed E-state index contributed by atoms with van der Waals surface area (Å²) in [6.45, 7) is 0. The van der Waals surface area contributed by atoms with Crippen LogP contribution in [0.3, 0.4) is 0 Å². The molecular weight excluding hydrogens is 323 g/mol. The highest BCUT2D eigenvalue weighted by atomic mass is 35.5. The molecule has 0 aliphatic heterocycles. The van der Waals surface area contributed by atoms with Gasteiger partial charge in [0.1, 0.15) is 0 Å². The lowest BCUT2D eigenvalue weighted by Gasteiger charge is -1.98. The van der Waals surface area contributed by atoms with Crippen molar-refractivity contribution < 1.29 is 13.3 Å². The number of halogens is 4. The van der Waals surface area contributed by atoms with E-state index in [2.05, 4.69) is 15.5 Å². The number of rotatable bonds is 3. The lowest BCUT2D eigenvalue weighted by Crippen LogP contribution is -2.08. The summed E-state index contributed by atoms with van der Waals surface area (Å²) >= 11 is 11.8. The number of aromatic nitrogens is 2. The normalized spacial score (nSPS) is 28.7. The van der Waals surface area contributed by atoms with Gasteiger partial charge in [-0.3, -0.25) is 0 Å². The molecule has 110 valence electrons. The summed E-state index contributed by atoms with van der Waals surface area (Å²) in [4.78, 5) is 4.13. The van der Waals surface area contributed by atoms with Crippen LogP contribution >= 0.6 is 23.2 Å². The first kappa shape index (κ1) is 13.3. The Bertz CT molecular complexity index is 716. The predicted molar refractivity (Wildman–Crippen MR) is 73.8 cm³/mol. The van der Waals surface area contributed by atoms with Gasteiger partial charge in [-0.15, -0.1) is 0 Å². The van der Waals surface area contributed by atoms with Gasteiger partial charge in [-0.25, -0.2) is 8.78 Å². The molecule has 1 N–H and O–H groups in total. The lowest BCUT2D eigenvalue weighted by molar-refractivity contribution is 0.0924. The van der Waals surface area contributed by atoms with E-state index in [1.54, 1.807) is 18.2 Å². The van der Waals surface area contributed by atoms with Gasteiger partial charge in [0.2, 0.25) is 5.82 Å². The fourth-order valence-corrected chi connectivity index (χ4v) is 3.20. The number of benzene rings is 1. The second-order valence-electron chi connectivity index (χ2n) is 5.52. The Labute approximate surface area is 128 Å². The van der Waals surface area contributed by atoms with Gasteiger partial charge in [0.15, 0.2) is 0 Å². The molecule has 0 bridgehead atoms. The van der Waals surface area contributed by atoms with Gasteiger partial charge in [-0.05, 0) is 24.6 Å². The summed E-state index contributed by atoms with van der Waals surface area (Å²) in [5, 5.41) is 7.57. The van der Waals surface area contributed by atoms with Gasteiger partial charge >= 0.3 is 6.01 Å². The van der Waals surface area contributed by atoms with Crippen LogP contribution in [-0.2, 0) is 0 Å². The van der Waals surface area contributed by atoms with Crippen LogP contribution in [-0.4, -0.2) is 22.1 Å². The molecule has 2 aliphatic rings. The summed E-state index contributed by atoms with van der Waals surface area (Å²) in [6.07, 6.45) is 0.364. The van der Waals surface area contributed by atoms with Crippen molar-refractivity contribution in [3.05, 3.63) is 28.2 Å². The number of nitrogens with one attached hydrogen (secondary N) is 1. The Morgan fingerprint density at radius 1 is 1.24 bits per heavy atom. The average Bonchev–Trinajstić information content (AvgIpc) is 3.10. The second kappa shape index (κ2) is 4.08. The van der Waals surface area contributed by atoms with Gasteiger partial charge in [-0.2, -0.15) is 4.98 Å². The summed E-state index contributed by atoms with van der Waals surface area (Å²) in [7, 11) is 0. The van der Waals surface area contributed by atoms with E-state index >= 15 is 0 Å². The van der Waals surface area contributed by atoms with Gasteiger partial charge in [-0.1, -0.05) is 28.4 Å². The molecule has 2 aromatic rings. The fourth-order valence-electron chi connectivity index (χ4n) is 2.68. The lowest BCUT2D eigenvalue weighted by atomic mass is 10.2. The molecule has 8 heteroatoms. The maximum atomic E-state index is 13.1. The molecule has 2 aliphatic carbocycles. The van der Waals surface area contributed by atoms with E-state index in [-0.39, 0.29) is 18.5 Å². The first-order valence-electron chi connectivity index (χ1n) is 6.34. The van der Waals surface area contributed by atoms with E-state index in [1.165, 1.54) is 0 Å². The first-order chi connectivity index (χ1) is 9.89. The van der Waals surface area contributed by atoms with Crippen LogP contribution < -0.4 is 5.32 Å². The summed E-state index contributed by atoms with van der Waals surface area (Å²) in [5.41, 5.74) is -0.285. The number of hydrogen-bond acceptors (Lipinski definition) is 4. The maximum absolute atomic E-state index is 13.1. The zero-order valence-electron chi connectivity index (χ0n) is 10.5. The highest BCUT2D eigenvalue weighted by molar-refractivity contribution is 6.35. The topological polar surface area (TPSA) is 51.0 Å². The third-order valence-corrected chi connectivity index (χ3v) is 4.50. The minimum Gasteiger partial charge on any atom is -0.334 e. The number of anilines is 1. The largest absolute Gasteiger partial charge is 0.334 e. The number of hydrogen-bond donors (Lipinski definition) is 1. The van der Waals surface area contributed by atoms with Crippen molar-refractivity contribution in [2.45, 2.75) is 24.8 Å². The smallest absolute Gasteiger partial charge is 0.322 e. The third kappa shape index (κ3) is 2.08. The third-order valence-electron chi connectivity index (χ3n) is 4.06. The maximum Gasteiger partial charge on any atom is 0.322 e. The van der Waals surface area contributed by atoms with E-state index in [0.29, 0.717) is 27.9 Å². The van der Waals surface area contributed by atoms with Crippen LogP contribution in [0.5, 0.6) is 0 Å². The van der Waals surface area contributed by atoms with Crippen LogP contribution in [0, 0.1) is 5.41 Å². The zero-order valence-corrected chi connectivity index (χ0v) is 12.1. The van der Waals surface area contributed by atoms with E-state index in [4.69, 9.17) is 27.7 Å². The second-order valence-corrected chi connectivity index (χ2v) is 6.39.